The molecule has 0 aliphatic heterocycles. The summed E-state index contributed by atoms with van der Waals surface area (Å²) < 4.78 is 28.1. The summed E-state index contributed by atoms with van der Waals surface area (Å²) in [7, 11) is -1.93. The molecule has 1 aromatic rings. The first-order chi connectivity index (χ1) is 8.40. The third-order valence-corrected chi connectivity index (χ3v) is 3.65. The summed E-state index contributed by atoms with van der Waals surface area (Å²) in [4.78, 5) is 11.9. The van der Waals surface area contributed by atoms with Crippen molar-refractivity contribution in [2.45, 2.75) is 24.3 Å². The molecule has 1 N–H and O–H groups in total. The number of ether oxygens (including phenoxy) is 1. The molecule has 1 unspecified atom stereocenters. The summed E-state index contributed by atoms with van der Waals surface area (Å²) in [5.74, 6) is -0.351. The predicted octanol–water partition coefficient (Wildman–Crippen LogP) is 1.45. The Labute approximate surface area is 107 Å². The summed E-state index contributed by atoms with van der Waals surface area (Å²) in [5.41, 5.74) is 0.278. The number of hydrogen-bond donors (Lipinski definition) is 1. The summed E-state index contributed by atoms with van der Waals surface area (Å²) in [6.45, 7) is 1.82. The molecule has 0 saturated heterocycles. The van der Waals surface area contributed by atoms with Crippen LogP contribution in [0.3, 0.4) is 0 Å². The van der Waals surface area contributed by atoms with Crippen molar-refractivity contribution < 1.29 is 17.9 Å². The molecule has 0 aromatic heterocycles. The fourth-order valence-electron chi connectivity index (χ4n) is 1.57. The predicted molar refractivity (Wildman–Crippen MR) is 69.3 cm³/mol. The standard InChI is InChI=1S/C12H17NO4S/c1-4-10(17-2)12(14)13-9-7-5-6-8-11(9)18(3,15)16/h5-8,10H,4H2,1-3H3,(H,13,14). The first-order valence-electron chi connectivity index (χ1n) is 5.53. The molecule has 18 heavy (non-hydrogen) atoms. The van der Waals surface area contributed by atoms with E-state index in [1.807, 2.05) is 6.92 Å². The van der Waals surface area contributed by atoms with Crippen molar-refractivity contribution in [3.8, 4) is 0 Å². The molecule has 0 aliphatic carbocycles. The molecule has 5 nitrogen and oxygen atoms in total. The van der Waals surface area contributed by atoms with E-state index < -0.39 is 15.9 Å². The van der Waals surface area contributed by atoms with Gasteiger partial charge < -0.3 is 10.1 Å². The Morgan fingerprint density at radius 3 is 2.50 bits per heavy atom. The van der Waals surface area contributed by atoms with Crippen molar-refractivity contribution in [3.63, 3.8) is 0 Å². The molecule has 1 atom stereocenters. The zero-order valence-electron chi connectivity index (χ0n) is 10.6. The summed E-state index contributed by atoms with van der Waals surface area (Å²) in [5, 5.41) is 2.58. The van der Waals surface area contributed by atoms with Gasteiger partial charge in [-0.25, -0.2) is 8.42 Å². The Hall–Kier alpha value is -1.40. The van der Waals surface area contributed by atoms with Crippen LogP contribution in [0.15, 0.2) is 29.2 Å². The number of nitrogens with one attached hydrogen (secondary N) is 1. The highest BCUT2D eigenvalue weighted by atomic mass is 32.2. The summed E-state index contributed by atoms with van der Waals surface area (Å²) in [6.07, 6.45) is 1.03. The third-order valence-electron chi connectivity index (χ3n) is 2.49. The van der Waals surface area contributed by atoms with Gasteiger partial charge in [-0.3, -0.25) is 4.79 Å². The van der Waals surface area contributed by atoms with Crippen molar-refractivity contribution in [2.24, 2.45) is 0 Å². The number of methoxy groups -OCH3 is 1. The highest BCUT2D eigenvalue weighted by molar-refractivity contribution is 7.90. The highest BCUT2D eigenvalue weighted by Crippen LogP contribution is 2.21. The minimum Gasteiger partial charge on any atom is -0.372 e. The Kier molecular flexibility index (Phi) is 4.86. The maximum Gasteiger partial charge on any atom is 0.253 e. The lowest BCUT2D eigenvalue weighted by atomic mass is 10.2. The van der Waals surface area contributed by atoms with Gasteiger partial charge in [0, 0.05) is 13.4 Å². The average Bonchev–Trinajstić information content (AvgIpc) is 2.30. The van der Waals surface area contributed by atoms with Crippen molar-refractivity contribution in [2.75, 3.05) is 18.7 Å². The monoisotopic (exact) mass is 271 g/mol. The van der Waals surface area contributed by atoms with Crippen LogP contribution in [0.25, 0.3) is 0 Å². The van der Waals surface area contributed by atoms with Crippen LogP contribution in [-0.2, 0) is 19.4 Å². The van der Waals surface area contributed by atoms with E-state index in [0.29, 0.717) is 6.42 Å². The SMILES string of the molecule is CCC(OC)C(=O)Nc1ccccc1S(C)(=O)=O. The molecule has 0 saturated carbocycles. The van der Waals surface area contributed by atoms with Crippen molar-refractivity contribution in [1.82, 2.24) is 0 Å². The zero-order chi connectivity index (χ0) is 13.8. The van der Waals surface area contributed by atoms with Crippen molar-refractivity contribution in [3.05, 3.63) is 24.3 Å². The van der Waals surface area contributed by atoms with E-state index in [9.17, 15) is 13.2 Å². The summed E-state index contributed by atoms with van der Waals surface area (Å²) >= 11 is 0. The lowest BCUT2D eigenvalue weighted by Crippen LogP contribution is -2.29. The van der Waals surface area contributed by atoms with E-state index in [1.165, 1.54) is 13.2 Å². The maximum absolute atomic E-state index is 11.8. The van der Waals surface area contributed by atoms with E-state index in [4.69, 9.17) is 4.74 Å². The molecule has 6 heteroatoms. The Balaban J connectivity index is 3.02. The minimum atomic E-state index is -3.37. The molecule has 0 aliphatic rings. The van der Waals surface area contributed by atoms with Gasteiger partial charge in [-0.2, -0.15) is 0 Å². The lowest BCUT2D eigenvalue weighted by molar-refractivity contribution is -0.125. The van der Waals surface area contributed by atoms with Gasteiger partial charge in [-0.1, -0.05) is 19.1 Å². The zero-order valence-corrected chi connectivity index (χ0v) is 11.5. The number of hydrogen-bond acceptors (Lipinski definition) is 4. The van der Waals surface area contributed by atoms with Crippen LogP contribution in [0.4, 0.5) is 5.69 Å². The molecular weight excluding hydrogens is 254 g/mol. The number of sulfone groups is 1. The minimum absolute atomic E-state index is 0.101. The van der Waals surface area contributed by atoms with Gasteiger partial charge in [0.2, 0.25) is 0 Å². The fraction of sp³-hybridized carbons (Fsp3) is 0.417. The molecule has 100 valence electrons. The Morgan fingerprint density at radius 2 is 2.00 bits per heavy atom. The number of rotatable bonds is 5. The van der Waals surface area contributed by atoms with Crippen molar-refractivity contribution in [1.29, 1.82) is 0 Å². The van der Waals surface area contributed by atoms with Crippen LogP contribution >= 0.6 is 0 Å². The quantitative estimate of drug-likeness (QED) is 0.880. The van der Waals surface area contributed by atoms with E-state index >= 15 is 0 Å². The number of para-hydroxylation sites is 1. The average molecular weight is 271 g/mol. The first kappa shape index (κ1) is 14.7. The molecule has 1 aromatic carbocycles. The summed E-state index contributed by atoms with van der Waals surface area (Å²) in [6, 6.07) is 6.28. The number of carbonyl (C=O) groups excluding carboxylic acids is 1. The van der Waals surface area contributed by atoms with Crippen LogP contribution in [0.1, 0.15) is 13.3 Å². The second kappa shape index (κ2) is 5.97. The van der Waals surface area contributed by atoms with E-state index in [-0.39, 0.29) is 16.5 Å². The molecule has 0 heterocycles. The molecular formula is C12H17NO4S. The Morgan fingerprint density at radius 1 is 1.39 bits per heavy atom. The van der Waals surface area contributed by atoms with Gasteiger partial charge in [-0.05, 0) is 18.6 Å². The van der Waals surface area contributed by atoms with Crippen LogP contribution < -0.4 is 5.32 Å². The largest absolute Gasteiger partial charge is 0.372 e. The second-order valence-electron chi connectivity index (χ2n) is 3.89. The molecule has 0 radical (unpaired) electrons. The molecule has 1 rings (SSSR count). The van der Waals surface area contributed by atoms with Crippen LogP contribution in [0, 0.1) is 0 Å². The Bertz CT molecular complexity index is 521. The van der Waals surface area contributed by atoms with Crippen LogP contribution in [0.5, 0.6) is 0 Å². The first-order valence-corrected chi connectivity index (χ1v) is 7.42. The van der Waals surface area contributed by atoms with Gasteiger partial charge in [0.15, 0.2) is 9.84 Å². The van der Waals surface area contributed by atoms with Gasteiger partial charge in [0.05, 0.1) is 10.6 Å². The molecule has 1 amide bonds. The van der Waals surface area contributed by atoms with Gasteiger partial charge in [-0.15, -0.1) is 0 Å². The van der Waals surface area contributed by atoms with Gasteiger partial charge in [0.25, 0.3) is 5.91 Å². The smallest absolute Gasteiger partial charge is 0.253 e. The number of carbonyl (C=O) groups is 1. The number of amides is 1. The lowest BCUT2D eigenvalue weighted by Gasteiger charge is -2.14. The number of benzene rings is 1. The topological polar surface area (TPSA) is 72.5 Å². The molecule has 0 fully saturated rings. The maximum atomic E-state index is 11.8. The van der Waals surface area contributed by atoms with Crippen molar-refractivity contribution >= 4 is 21.4 Å². The van der Waals surface area contributed by atoms with Gasteiger partial charge >= 0.3 is 0 Å². The molecule has 0 spiro atoms. The number of anilines is 1. The third kappa shape index (κ3) is 3.54. The van der Waals surface area contributed by atoms with Crippen LogP contribution in [-0.4, -0.2) is 33.8 Å². The fourth-order valence-corrected chi connectivity index (χ4v) is 2.41. The highest BCUT2D eigenvalue weighted by Gasteiger charge is 2.19. The van der Waals surface area contributed by atoms with Crippen LogP contribution in [0.2, 0.25) is 0 Å². The van der Waals surface area contributed by atoms with E-state index in [0.717, 1.165) is 6.26 Å². The van der Waals surface area contributed by atoms with E-state index in [1.54, 1.807) is 18.2 Å². The normalized spacial score (nSPS) is 13.1. The van der Waals surface area contributed by atoms with Gasteiger partial charge in [0.1, 0.15) is 6.10 Å². The second-order valence-corrected chi connectivity index (χ2v) is 5.87. The van der Waals surface area contributed by atoms with E-state index in [2.05, 4.69) is 5.32 Å². The molecule has 0 bridgehead atoms.